The second-order valence-electron chi connectivity index (χ2n) is 30.4. The van der Waals surface area contributed by atoms with Gasteiger partial charge < -0.3 is 21.0 Å². The Bertz CT molecular complexity index is 4490. The van der Waals surface area contributed by atoms with Gasteiger partial charge in [0.25, 0.3) is 22.8 Å². The normalized spacial score (nSPS) is 21.2. The van der Waals surface area contributed by atoms with Crippen molar-refractivity contribution in [2.75, 3.05) is 18.6 Å². The van der Waals surface area contributed by atoms with Crippen molar-refractivity contribution in [1.82, 2.24) is 0 Å². The fourth-order valence-corrected chi connectivity index (χ4v) is 14.9. The van der Waals surface area contributed by atoms with Gasteiger partial charge in [-0.3, -0.25) is 20.0 Å². The van der Waals surface area contributed by atoms with E-state index in [0.717, 1.165) is 119 Å². The summed E-state index contributed by atoms with van der Waals surface area (Å²) in [6.07, 6.45) is 33.1. The number of hydrogen-bond acceptors (Lipinski definition) is 12. The number of methoxy groups -OCH3 is 1. The van der Waals surface area contributed by atoms with Crippen LogP contribution in [0.1, 0.15) is 251 Å². The lowest BCUT2D eigenvalue weighted by Gasteiger charge is -2.21. The maximum Gasteiger partial charge on any atom is 0.264 e. The highest BCUT2D eigenvalue weighted by atomic mass is 16.5. The Morgan fingerprint density at radius 1 is 0.462 bits per heavy atom. The molecule has 3 aromatic carbocycles. The molecule has 0 radical (unpaired) electrons. The van der Waals surface area contributed by atoms with Gasteiger partial charge in [0.15, 0.2) is 0 Å². The van der Waals surface area contributed by atoms with Crippen molar-refractivity contribution in [1.29, 1.82) is 21.0 Å². The molecular weight excluding hydrogens is 1470 g/mol. The van der Waals surface area contributed by atoms with Gasteiger partial charge in [-0.2, -0.15) is 0 Å². The first-order valence-corrected chi connectivity index (χ1v) is 42.0. The molecule has 9 rings (SSSR count). The number of aldehydes is 1. The van der Waals surface area contributed by atoms with Gasteiger partial charge in [0.2, 0.25) is 0 Å². The lowest BCUT2D eigenvalue weighted by molar-refractivity contribution is -0.111. The van der Waals surface area contributed by atoms with E-state index in [1.54, 1.807) is 21.0 Å². The van der Waals surface area contributed by atoms with Crippen molar-refractivity contribution in [3.05, 3.63) is 186 Å². The minimum atomic E-state index is -0.217. The van der Waals surface area contributed by atoms with Crippen molar-refractivity contribution >= 4 is 66.3 Å². The minimum absolute atomic E-state index is 0.0201. The summed E-state index contributed by atoms with van der Waals surface area (Å²) in [5.74, 6) is 28.0. The number of carbonyl (C=O) groups is 1. The number of nitrogens with zero attached hydrogens (tertiary/aromatic N) is 12. The van der Waals surface area contributed by atoms with Crippen molar-refractivity contribution in [2.24, 2.45) is 85.1 Å². The van der Waals surface area contributed by atoms with Crippen LogP contribution >= 0.6 is 0 Å². The molecule has 119 heavy (non-hydrogen) atoms. The van der Waals surface area contributed by atoms with E-state index >= 15 is 0 Å². The number of benzene rings is 3. The lowest BCUT2D eigenvalue weighted by Crippen LogP contribution is -2.15. The van der Waals surface area contributed by atoms with E-state index in [2.05, 4.69) is 170 Å². The van der Waals surface area contributed by atoms with Crippen LogP contribution in [0.15, 0.2) is 127 Å². The van der Waals surface area contributed by atoms with Crippen LogP contribution in [0, 0.1) is 226 Å². The third-order valence-electron chi connectivity index (χ3n) is 21.1. The van der Waals surface area contributed by atoms with E-state index in [9.17, 15) is 15.3 Å². The molecule has 4 N–H and O–H groups in total. The lowest BCUT2D eigenvalue weighted by atomic mass is 9.83. The van der Waals surface area contributed by atoms with Gasteiger partial charge in [0.1, 0.15) is 6.29 Å². The summed E-state index contributed by atoms with van der Waals surface area (Å²) in [6, 6.07) is 19.4. The average Bonchev–Trinajstić information content (AvgIpc) is 1.70. The molecule has 628 valence electrons. The molecule has 6 aliphatic carbocycles. The van der Waals surface area contributed by atoms with E-state index in [0.29, 0.717) is 70.3 Å². The van der Waals surface area contributed by atoms with Crippen molar-refractivity contribution in [3.63, 3.8) is 0 Å². The molecule has 16 heteroatoms. The molecule has 6 aliphatic rings. The Labute approximate surface area is 719 Å². The molecule has 0 heterocycles. The first-order chi connectivity index (χ1) is 57.2. The summed E-state index contributed by atoms with van der Waals surface area (Å²) < 4.78 is 5.27. The fourth-order valence-electron chi connectivity index (χ4n) is 14.9. The average molecular weight is 1600 g/mol. The van der Waals surface area contributed by atoms with Crippen LogP contribution in [0.4, 0.5) is 34.1 Å². The van der Waals surface area contributed by atoms with E-state index in [-0.39, 0.29) is 52.4 Å². The predicted molar refractivity (Wildman–Crippen MR) is 500 cm³/mol. The zero-order valence-corrected chi connectivity index (χ0v) is 75.3. The Kier molecular flexibility index (Phi) is 56.2. The fraction of sp³-hybridized carbons (Fsp3) is 0.505. The van der Waals surface area contributed by atoms with Crippen LogP contribution in [-0.2, 0) is 9.53 Å². The molecule has 0 aliphatic heterocycles. The van der Waals surface area contributed by atoms with Gasteiger partial charge in [-0.25, -0.2) is 40.4 Å². The number of nitrogens with two attached hydrogens (primary N) is 2. The topological polar surface area (TPSA) is 240 Å². The van der Waals surface area contributed by atoms with Crippen LogP contribution in [0.5, 0.6) is 0 Å². The molecule has 0 saturated heterocycles. The summed E-state index contributed by atoms with van der Waals surface area (Å²) in [4.78, 5) is 41.0. The standard InChI is InChI=1S/C26H24N6.C18H22N2.C14H12N4.C10H14.C9H14O.C9H12O.C8H12N2.3C3H8/c1-8-19-11-20(15-32-23-10-16(2)22(29-5)9-17(23)3)21(12-19)26(25(14-28)31-7)18(4)24(13-27)30-6;1-5-7-15-8-6-9-16(15)12-20-18-11-13(2)17(19-4)10-14(18)3;1-10(12(8-15)17-2)14(13(9-16)18-3)11-6-4-5-7-11;1-3-6-10-8-5-7-9(10)4-2;1-3-5-8-6-4-7-9(8)10-2;1-2-4-8-5-3-6-9(8)7-10;1-5-3-8(10)6(2)4-7(5)9;3*1-3-2/h8-10,15,19-21H,1,5,11-12H2,2-4H3;10-12,15-16H,4,6,8-9H2,1-3H3;11H,4-7H2,1H3;4,9-10H,2,5,7-8H2,1H3;8-9H,4,6-7H2,1-2H3;7-9H,3,5-6H2,1H3;3-4H,9-10H2,1-2H3;3*3H2,1-2H3/b24-18-,26-25-,32-15?;;12-10+,14-13+;;;;;;;. The number of nitrogen functional groups attached to an aromatic ring is 2. The molecule has 6 fully saturated rings. The predicted octanol–water partition coefficient (Wildman–Crippen LogP) is 26.7. The van der Waals surface area contributed by atoms with Gasteiger partial charge in [0.05, 0.1) is 79.4 Å². The zero-order chi connectivity index (χ0) is 90.0. The SMILES string of the molecule is C=CC1CCCC1C#CC.C=Nc1cc(C)c(N=CC2CCCC2C#CC)cc1C.CC#CC1CCCC1C=O.CC#CC1CCCC1OC.CCC.CCC.CCC.Cc1cc(N)c(C)cc1N.[C-]#[N+]/C(C#N)=C(C)\C(=C(/C#N)[N+]#[C-])C1CC(C=C)CC1C=Nc1cc(C)c(N=C)cc1C.[C-]#[N+]/C(C#N)=C(\C(C)=C(/C#N)[N+]#[C-])C1CCCC1. The highest BCUT2D eigenvalue weighted by Gasteiger charge is 2.37. The number of allylic oxidation sites excluding steroid dienone is 10. The summed E-state index contributed by atoms with van der Waals surface area (Å²) in [5.41, 5.74) is 24.6. The van der Waals surface area contributed by atoms with Crippen molar-refractivity contribution in [2.45, 2.75) is 266 Å². The summed E-state index contributed by atoms with van der Waals surface area (Å²) >= 11 is 0. The summed E-state index contributed by atoms with van der Waals surface area (Å²) in [7, 11) is 1.78. The quantitative estimate of drug-likeness (QED) is 0.0229. The molecule has 0 amide bonds. The van der Waals surface area contributed by atoms with Gasteiger partial charge in [-0.1, -0.05) is 129 Å². The number of aliphatic imine (C=N–C) groups is 4. The van der Waals surface area contributed by atoms with Gasteiger partial charge in [-0.15, -0.1) is 36.8 Å². The number of ether oxygens (including phenoxy) is 1. The molecule has 0 bridgehead atoms. The zero-order valence-electron chi connectivity index (χ0n) is 75.3. The van der Waals surface area contributed by atoms with E-state index < -0.39 is 0 Å². The Balaban J connectivity index is 0.00000140. The van der Waals surface area contributed by atoms with Crippen LogP contribution in [-0.4, -0.2) is 45.4 Å². The maximum atomic E-state index is 10.4. The molecule has 3 aromatic rings. The summed E-state index contributed by atoms with van der Waals surface area (Å²) in [5, 5.41) is 36.9. The van der Waals surface area contributed by atoms with E-state index in [1.807, 2.05) is 129 Å². The smallest absolute Gasteiger partial charge is 0.264 e. The molecule has 0 aromatic heterocycles. The number of aryl methyl sites for hydroxylation is 6. The first-order valence-electron chi connectivity index (χ1n) is 42.0. The number of anilines is 2. The van der Waals surface area contributed by atoms with Gasteiger partial charge in [0, 0.05) is 72.3 Å². The highest BCUT2D eigenvalue weighted by Crippen LogP contribution is 2.46. The van der Waals surface area contributed by atoms with Gasteiger partial charge >= 0.3 is 0 Å². The molecule has 11 atom stereocenters. The second-order valence-corrected chi connectivity index (χ2v) is 30.4. The van der Waals surface area contributed by atoms with Crippen LogP contribution in [0.2, 0.25) is 0 Å². The molecule has 6 saturated carbocycles. The molecule has 0 spiro atoms. The number of nitriles is 4. The molecule has 16 nitrogen and oxygen atoms in total. The Morgan fingerprint density at radius 3 is 1.18 bits per heavy atom. The van der Waals surface area contributed by atoms with E-state index in [4.69, 9.17) is 63.0 Å². The minimum Gasteiger partial charge on any atom is -0.399 e. The van der Waals surface area contributed by atoms with Crippen LogP contribution in [0.3, 0.4) is 0 Å². The highest BCUT2D eigenvalue weighted by molar-refractivity contribution is 5.73. The third kappa shape index (κ3) is 36.7. The number of hydrogen-bond donors (Lipinski definition) is 2. The second kappa shape index (κ2) is 62.4. The van der Waals surface area contributed by atoms with E-state index in [1.165, 1.54) is 83.5 Å². The maximum absolute atomic E-state index is 10.4. The summed E-state index contributed by atoms with van der Waals surface area (Å²) in [6.45, 7) is 79.3. The first kappa shape index (κ1) is 107. The monoisotopic (exact) mass is 1600 g/mol. The largest absolute Gasteiger partial charge is 0.399 e. The number of carbonyl (C=O) groups excluding carboxylic acids is 1. The van der Waals surface area contributed by atoms with Crippen molar-refractivity contribution in [3.8, 4) is 71.6 Å². The Hall–Kier alpha value is -11.8. The van der Waals surface area contributed by atoms with Crippen LogP contribution < -0.4 is 11.5 Å². The van der Waals surface area contributed by atoms with Gasteiger partial charge in [-0.05, 0) is 296 Å². The van der Waals surface area contributed by atoms with Crippen molar-refractivity contribution < 1.29 is 9.53 Å². The third-order valence-corrected chi connectivity index (χ3v) is 21.1. The Morgan fingerprint density at radius 2 is 0.807 bits per heavy atom. The molecule has 11 unspecified atom stereocenters. The molecular formula is C103H134N14O2. The number of rotatable bonds is 14. The van der Waals surface area contributed by atoms with Crippen LogP contribution in [0.25, 0.3) is 19.4 Å².